The van der Waals surface area contributed by atoms with Crippen molar-refractivity contribution < 1.29 is 4.79 Å². The van der Waals surface area contributed by atoms with Crippen LogP contribution in [0.4, 0.5) is 0 Å². The number of nitrogens with zero attached hydrogens (tertiary/aromatic N) is 3. The second-order valence-electron chi connectivity index (χ2n) is 6.51. The minimum Gasteiger partial charge on any atom is -0.340 e. The SMILES string of the molecule is CC1CC(C)CN(C(=O)C(C)n2cnc3ccccc32)C1. The smallest absolute Gasteiger partial charge is 0.245 e. The fourth-order valence-corrected chi connectivity index (χ4v) is 3.51. The quantitative estimate of drug-likeness (QED) is 0.850. The Morgan fingerprint density at radius 3 is 2.62 bits per heavy atom. The molecule has 0 bridgehead atoms. The van der Waals surface area contributed by atoms with E-state index >= 15 is 0 Å². The first-order valence-corrected chi connectivity index (χ1v) is 7.76. The maximum Gasteiger partial charge on any atom is 0.245 e. The third-order valence-electron chi connectivity index (χ3n) is 4.44. The normalized spacial score (nSPS) is 24.2. The second kappa shape index (κ2) is 5.51. The van der Waals surface area contributed by atoms with Gasteiger partial charge in [0.25, 0.3) is 0 Å². The molecular weight excluding hydrogens is 262 g/mol. The average Bonchev–Trinajstić information content (AvgIpc) is 2.88. The largest absolute Gasteiger partial charge is 0.340 e. The zero-order valence-corrected chi connectivity index (χ0v) is 13.0. The molecule has 3 atom stereocenters. The van der Waals surface area contributed by atoms with Crippen molar-refractivity contribution >= 4 is 16.9 Å². The Bertz CT molecular complexity index is 638. The first-order valence-electron chi connectivity index (χ1n) is 7.76. The number of carbonyl (C=O) groups excluding carboxylic acids is 1. The van der Waals surface area contributed by atoms with Gasteiger partial charge >= 0.3 is 0 Å². The molecule has 2 heterocycles. The van der Waals surface area contributed by atoms with Crippen molar-refractivity contribution in [2.45, 2.75) is 33.2 Å². The molecule has 0 N–H and O–H groups in total. The van der Waals surface area contributed by atoms with Crippen molar-refractivity contribution in [3.8, 4) is 0 Å². The lowest BCUT2D eigenvalue weighted by Crippen LogP contribution is -2.45. The highest BCUT2D eigenvalue weighted by Crippen LogP contribution is 2.25. The number of para-hydroxylation sites is 2. The van der Waals surface area contributed by atoms with Crippen molar-refractivity contribution in [2.75, 3.05) is 13.1 Å². The van der Waals surface area contributed by atoms with E-state index in [0.29, 0.717) is 11.8 Å². The van der Waals surface area contributed by atoms with Crippen LogP contribution in [0.25, 0.3) is 11.0 Å². The third-order valence-corrected chi connectivity index (χ3v) is 4.44. The zero-order chi connectivity index (χ0) is 15.0. The van der Waals surface area contributed by atoms with Crippen molar-refractivity contribution in [1.29, 1.82) is 0 Å². The summed E-state index contributed by atoms with van der Waals surface area (Å²) in [6, 6.07) is 7.76. The molecule has 2 aromatic rings. The lowest BCUT2D eigenvalue weighted by Gasteiger charge is -2.36. The molecule has 3 unspecified atom stereocenters. The number of rotatable bonds is 2. The van der Waals surface area contributed by atoms with Crippen LogP contribution in [0.15, 0.2) is 30.6 Å². The topological polar surface area (TPSA) is 38.1 Å². The maximum absolute atomic E-state index is 12.8. The van der Waals surface area contributed by atoms with Gasteiger partial charge in [0.2, 0.25) is 5.91 Å². The molecule has 21 heavy (non-hydrogen) atoms. The van der Waals surface area contributed by atoms with Gasteiger partial charge in [-0.2, -0.15) is 0 Å². The number of piperidine rings is 1. The third kappa shape index (κ3) is 2.67. The highest BCUT2D eigenvalue weighted by Gasteiger charge is 2.29. The molecule has 1 aliphatic rings. The van der Waals surface area contributed by atoms with Gasteiger partial charge in [0.15, 0.2) is 0 Å². The Morgan fingerprint density at radius 1 is 1.24 bits per heavy atom. The highest BCUT2D eigenvalue weighted by molar-refractivity contribution is 5.83. The standard InChI is InChI=1S/C17H23N3O/c1-12-8-13(2)10-19(9-12)17(21)14(3)20-11-18-15-6-4-5-7-16(15)20/h4-7,11-14H,8-10H2,1-3H3. The first kappa shape index (κ1) is 14.1. The van der Waals surface area contributed by atoms with E-state index in [1.54, 1.807) is 6.33 Å². The van der Waals surface area contributed by atoms with E-state index in [1.807, 2.05) is 40.7 Å². The molecular formula is C17H23N3O. The van der Waals surface area contributed by atoms with E-state index in [0.717, 1.165) is 24.1 Å². The number of aromatic nitrogens is 2. The summed E-state index contributed by atoms with van der Waals surface area (Å²) in [7, 11) is 0. The van der Waals surface area contributed by atoms with E-state index < -0.39 is 0 Å². The number of amides is 1. The predicted octanol–water partition coefficient (Wildman–Crippen LogP) is 3.10. The zero-order valence-electron chi connectivity index (χ0n) is 13.0. The van der Waals surface area contributed by atoms with Gasteiger partial charge in [0.05, 0.1) is 17.4 Å². The number of carbonyl (C=O) groups is 1. The molecule has 112 valence electrons. The summed E-state index contributed by atoms with van der Waals surface area (Å²) in [5, 5.41) is 0. The van der Waals surface area contributed by atoms with E-state index in [1.165, 1.54) is 6.42 Å². The summed E-state index contributed by atoms with van der Waals surface area (Å²) in [5.74, 6) is 1.38. The number of benzene rings is 1. The van der Waals surface area contributed by atoms with Crippen LogP contribution in [0.1, 0.15) is 33.2 Å². The molecule has 0 spiro atoms. The van der Waals surface area contributed by atoms with Crippen molar-refractivity contribution in [3.05, 3.63) is 30.6 Å². The fraction of sp³-hybridized carbons (Fsp3) is 0.529. The summed E-state index contributed by atoms with van der Waals surface area (Å²) in [5.41, 5.74) is 1.97. The molecule has 1 aromatic carbocycles. The fourth-order valence-electron chi connectivity index (χ4n) is 3.51. The van der Waals surface area contributed by atoms with Crippen molar-refractivity contribution in [3.63, 3.8) is 0 Å². The van der Waals surface area contributed by atoms with Gasteiger partial charge in [-0.1, -0.05) is 26.0 Å². The maximum atomic E-state index is 12.8. The minimum atomic E-state index is -0.199. The van der Waals surface area contributed by atoms with Crippen LogP contribution < -0.4 is 0 Å². The molecule has 1 fully saturated rings. The minimum absolute atomic E-state index is 0.199. The van der Waals surface area contributed by atoms with Crippen LogP contribution >= 0.6 is 0 Å². The Labute approximate surface area is 125 Å². The van der Waals surface area contributed by atoms with E-state index in [-0.39, 0.29) is 11.9 Å². The van der Waals surface area contributed by atoms with Crippen LogP contribution in [0, 0.1) is 11.8 Å². The Morgan fingerprint density at radius 2 is 1.90 bits per heavy atom. The Kier molecular flexibility index (Phi) is 3.70. The Balaban J connectivity index is 1.84. The van der Waals surface area contributed by atoms with Gasteiger partial charge < -0.3 is 9.47 Å². The number of hydrogen-bond acceptors (Lipinski definition) is 2. The summed E-state index contributed by atoms with van der Waals surface area (Å²) in [4.78, 5) is 19.2. The van der Waals surface area contributed by atoms with E-state index in [9.17, 15) is 4.79 Å². The molecule has 1 aliphatic heterocycles. The van der Waals surface area contributed by atoms with Crippen molar-refractivity contribution in [2.24, 2.45) is 11.8 Å². The van der Waals surface area contributed by atoms with Crippen LogP contribution in [0.3, 0.4) is 0 Å². The van der Waals surface area contributed by atoms with Gasteiger partial charge in [-0.3, -0.25) is 4.79 Å². The summed E-state index contributed by atoms with van der Waals surface area (Å²) < 4.78 is 1.99. The molecule has 4 nitrogen and oxygen atoms in total. The number of fused-ring (bicyclic) bond motifs is 1. The molecule has 0 radical (unpaired) electrons. The number of hydrogen-bond donors (Lipinski definition) is 0. The summed E-state index contributed by atoms with van der Waals surface area (Å²) >= 11 is 0. The highest BCUT2D eigenvalue weighted by atomic mass is 16.2. The van der Waals surface area contributed by atoms with Gasteiger partial charge in [0, 0.05) is 13.1 Å². The van der Waals surface area contributed by atoms with E-state index in [2.05, 4.69) is 18.8 Å². The first-order chi connectivity index (χ1) is 10.1. The molecule has 1 saturated heterocycles. The van der Waals surface area contributed by atoms with Gasteiger partial charge in [-0.05, 0) is 37.3 Å². The van der Waals surface area contributed by atoms with Crippen LogP contribution in [0.5, 0.6) is 0 Å². The molecule has 0 saturated carbocycles. The van der Waals surface area contributed by atoms with Gasteiger partial charge in [-0.15, -0.1) is 0 Å². The average molecular weight is 285 g/mol. The molecule has 1 amide bonds. The van der Waals surface area contributed by atoms with Crippen molar-refractivity contribution in [1.82, 2.24) is 14.5 Å². The number of likely N-dealkylation sites (tertiary alicyclic amines) is 1. The monoisotopic (exact) mass is 285 g/mol. The Hall–Kier alpha value is -1.84. The van der Waals surface area contributed by atoms with Crippen LogP contribution in [-0.4, -0.2) is 33.4 Å². The summed E-state index contributed by atoms with van der Waals surface area (Å²) in [6.07, 6.45) is 3.00. The van der Waals surface area contributed by atoms with Gasteiger partial charge in [0.1, 0.15) is 6.04 Å². The predicted molar refractivity (Wildman–Crippen MR) is 84.0 cm³/mol. The second-order valence-corrected chi connectivity index (χ2v) is 6.51. The lowest BCUT2D eigenvalue weighted by atomic mass is 9.91. The lowest BCUT2D eigenvalue weighted by molar-refractivity contribution is -0.136. The molecule has 3 rings (SSSR count). The number of imidazole rings is 1. The molecule has 1 aromatic heterocycles. The molecule has 0 aliphatic carbocycles. The van der Waals surface area contributed by atoms with Gasteiger partial charge in [-0.25, -0.2) is 4.98 Å². The van der Waals surface area contributed by atoms with Crippen LogP contribution in [-0.2, 0) is 4.79 Å². The molecule has 4 heteroatoms. The van der Waals surface area contributed by atoms with E-state index in [4.69, 9.17) is 0 Å². The van der Waals surface area contributed by atoms with Crippen LogP contribution in [0.2, 0.25) is 0 Å². The summed E-state index contributed by atoms with van der Waals surface area (Å²) in [6.45, 7) is 8.18.